The van der Waals surface area contributed by atoms with Gasteiger partial charge in [0.25, 0.3) is 0 Å². The van der Waals surface area contributed by atoms with Crippen molar-refractivity contribution in [3.8, 4) is 0 Å². The first-order chi connectivity index (χ1) is 15.0. The number of hydrogen-bond donors (Lipinski definition) is 1. The molecule has 1 heterocycles. The topological polar surface area (TPSA) is 104 Å². The summed E-state index contributed by atoms with van der Waals surface area (Å²) in [7, 11) is 0. The maximum Gasteiger partial charge on any atom is 0.419 e. The highest BCUT2D eigenvalue weighted by Crippen LogP contribution is 2.23. The Morgan fingerprint density at radius 1 is 1.16 bits per heavy atom. The summed E-state index contributed by atoms with van der Waals surface area (Å²) >= 11 is 0. The van der Waals surface area contributed by atoms with E-state index < -0.39 is 23.7 Å². The van der Waals surface area contributed by atoms with E-state index in [4.69, 9.17) is 9.47 Å². The van der Waals surface area contributed by atoms with Crippen LogP contribution in [0.2, 0.25) is 0 Å². The quantitative estimate of drug-likeness (QED) is 0.468. The number of para-hydroxylation sites is 1. The summed E-state index contributed by atoms with van der Waals surface area (Å²) in [6.45, 7) is 9.52. The first kappa shape index (κ1) is 25.1. The van der Waals surface area contributed by atoms with Gasteiger partial charge in [0.05, 0.1) is 24.6 Å². The van der Waals surface area contributed by atoms with Gasteiger partial charge in [-0.3, -0.25) is 14.2 Å². The van der Waals surface area contributed by atoms with Crippen molar-refractivity contribution in [3.63, 3.8) is 0 Å². The molecular weight excluding hydrogens is 412 g/mol. The van der Waals surface area contributed by atoms with Crippen LogP contribution >= 0.6 is 0 Å². The third kappa shape index (κ3) is 7.51. The van der Waals surface area contributed by atoms with Gasteiger partial charge in [-0.1, -0.05) is 32.0 Å². The summed E-state index contributed by atoms with van der Waals surface area (Å²) < 4.78 is 11.9. The smallest absolute Gasteiger partial charge is 0.419 e. The molecule has 0 bridgehead atoms. The van der Waals surface area contributed by atoms with Gasteiger partial charge in [0.15, 0.2) is 0 Å². The van der Waals surface area contributed by atoms with Crippen molar-refractivity contribution in [2.24, 2.45) is 5.92 Å². The van der Waals surface area contributed by atoms with Crippen LogP contribution in [0.5, 0.6) is 0 Å². The highest BCUT2D eigenvalue weighted by Gasteiger charge is 2.22. The van der Waals surface area contributed by atoms with Crippen LogP contribution in [0.15, 0.2) is 30.5 Å². The molecule has 0 unspecified atom stereocenters. The molecule has 32 heavy (non-hydrogen) atoms. The molecule has 0 aliphatic carbocycles. The van der Waals surface area contributed by atoms with Gasteiger partial charge in [0.2, 0.25) is 5.91 Å². The van der Waals surface area contributed by atoms with Crippen molar-refractivity contribution >= 4 is 35.2 Å². The molecule has 0 spiro atoms. The molecular formula is C24H32N2O6. The molecule has 1 amide bonds. The average molecular weight is 445 g/mol. The third-order valence-corrected chi connectivity index (χ3v) is 4.48. The Morgan fingerprint density at radius 2 is 1.84 bits per heavy atom. The second-order valence-electron chi connectivity index (χ2n) is 9.12. The van der Waals surface area contributed by atoms with Crippen LogP contribution < -0.4 is 5.32 Å². The lowest BCUT2D eigenvalue weighted by atomic mass is 10.1. The summed E-state index contributed by atoms with van der Waals surface area (Å²) in [4.78, 5) is 48.3. The van der Waals surface area contributed by atoms with Gasteiger partial charge >= 0.3 is 12.1 Å². The van der Waals surface area contributed by atoms with E-state index in [1.165, 1.54) is 4.57 Å². The Morgan fingerprint density at radius 3 is 2.47 bits per heavy atom. The van der Waals surface area contributed by atoms with Crippen LogP contribution in [-0.4, -0.2) is 47.1 Å². The van der Waals surface area contributed by atoms with Crippen molar-refractivity contribution in [1.82, 2.24) is 9.88 Å². The number of esters is 1. The minimum atomic E-state index is -0.798. The first-order valence-corrected chi connectivity index (χ1v) is 10.7. The van der Waals surface area contributed by atoms with Crippen LogP contribution in [-0.2, 0) is 30.3 Å². The van der Waals surface area contributed by atoms with E-state index in [1.54, 1.807) is 39.1 Å². The largest absolute Gasteiger partial charge is 0.465 e. The van der Waals surface area contributed by atoms with Crippen LogP contribution in [0.3, 0.4) is 0 Å². The molecule has 0 saturated heterocycles. The molecule has 174 valence electrons. The molecule has 0 aliphatic heterocycles. The van der Waals surface area contributed by atoms with Crippen molar-refractivity contribution in [2.75, 3.05) is 6.61 Å². The van der Waals surface area contributed by atoms with Gasteiger partial charge in [-0.05, 0) is 44.7 Å². The van der Waals surface area contributed by atoms with Gasteiger partial charge in [-0.15, -0.1) is 0 Å². The standard InChI is InChI=1S/C24H32N2O6/c1-16(2)15-31-22(29)11-10-18(14-27)25-21(28)12-17-13-26(23(30)32-24(3,4)5)20-9-7-6-8-19(17)20/h6-9,13-14,16,18H,10-12,15H2,1-5H3,(H,25,28)/t18-/m0/s1. The highest BCUT2D eigenvalue weighted by atomic mass is 16.6. The van der Waals surface area contributed by atoms with Crippen molar-refractivity contribution < 1.29 is 28.7 Å². The molecule has 0 radical (unpaired) electrons. The van der Waals surface area contributed by atoms with E-state index in [9.17, 15) is 19.2 Å². The van der Waals surface area contributed by atoms with Crippen LogP contribution in [0.1, 0.15) is 53.0 Å². The van der Waals surface area contributed by atoms with Crippen LogP contribution in [0.25, 0.3) is 10.9 Å². The first-order valence-electron chi connectivity index (χ1n) is 10.7. The Labute approximate surface area is 188 Å². The van der Waals surface area contributed by atoms with Gasteiger partial charge in [0.1, 0.15) is 11.9 Å². The summed E-state index contributed by atoms with van der Waals surface area (Å²) in [5.74, 6) is -0.562. The van der Waals surface area contributed by atoms with Gasteiger partial charge in [0, 0.05) is 18.0 Å². The van der Waals surface area contributed by atoms with E-state index in [0.717, 1.165) is 5.39 Å². The Hall–Kier alpha value is -3.16. The Kier molecular flexibility index (Phi) is 8.57. The Bertz CT molecular complexity index is 971. The minimum absolute atomic E-state index is 0.0293. The predicted octanol–water partition coefficient (Wildman–Crippen LogP) is 3.63. The number of hydrogen-bond acceptors (Lipinski definition) is 6. The lowest BCUT2D eigenvalue weighted by molar-refractivity contribution is -0.145. The molecule has 0 saturated carbocycles. The number of rotatable bonds is 9. The second-order valence-corrected chi connectivity index (χ2v) is 9.12. The second kappa shape index (κ2) is 10.9. The van der Waals surface area contributed by atoms with Gasteiger partial charge in [-0.2, -0.15) is 0 Å². The molecule has 1 aromatic heterocycles. The van der Waals surface area contributed by atoms with E-state index >= 15 is 0 Å². The number of carbonyl (C=O) groups is 4. The molecule has 8 nitrogen and oxygen atoms in total. The van der Waals surface area contributed by atoms with Crippen molar-refractivity contribution in [1.29, 1.82) is 0 Å². The fourth-order valence-electron chi connectivity index (χ4n) is 3.06. The third-order valence-electron chi connectivity index (χ3n) is 4.48. The van der Waals surface area contributed by atoms with E-state index in [2.05, 4.69) is 5.32 Å². The number of aromatic nitrogens is 1. The maximum absolute atomic E-state index is 12.6. The van der Waals surface area contributed by atoms with Crippen LogP contribution in [0.4, 0.5) is 4.79 Å². The van der Waals surface area contributed by atoms with E-state index in [-0.39, 0.29) is 31.1 Å². The lowest BCUT2D eigenvalue weighted by Gasteiger charge is -2.19. The number of nitrogens with zero attached hydrogens (tertiary/aromatic N) is 1. The molecule has 8 heteroatoms. The van der Waals surface area contributed by atoms with Gasteiger partial charge < -0.3 is 19.6 Å². The number of ether oxygens (including phenoxy) is 2. The predicted molar refractivity (Wildman–Crippen MR) is 120 cm³/mol. The SMILES string of the molecule is CC(C)COC(=O)CC[C@@H](C=O)NC(=O)Cc1cn(C(=O)OC(C)(C)C)c2ccccc12. The zero-order valence-electron chi connectivity index (χ0n) is 19.3. The minimum Gasteiger partial charge on any atom is -0.465 e. The molecule has 1 aromatic carbocycles. The Balaban J connectivity index is 2.06. The zero-order chi connectivity index (χ0) is 23.9. The molecule has 2 rings (SSSR count). The summed E-state index contributed by atoms with van der Waals surface area (Å²) in [6, 6.07) is 6.42. The number of carbonyl (C=O) groups excluding carboxylic acids is 4. The molecule has 1 atom stereocenters. The molecule has 1 N–H and O–H groups in total. The number of amides is 1. The monoisotopic (exact) mass is 444 g/mol. The number of nitrogens with one attached hydrogen (secondary N) is 1. The number of benzene rings is 1. The summed E-state index contributed by atoms with van der Waals surface area (Å²) in [6.07, 6.45) is 1.82. The summed E-state index contributed by atoms with van der Waals surface area (Å²) in [5, 5.41) is 3.38. The van der Waals surface area contributed by atoms with Crippen LogP contribution in [0, 0.1) is 5.92 Å². The number of aldehydes is 1. The van der Waals surface area contributed by atoms with Crippen molar-refractivity contribution in [3.05, 3.63) is 36.0 Å². The fraction of sp³-hybridized carbons (Fsp3) is 0.500. The molecule has 0 aliphatic rings. The maximum atomic E-state index is 12.6. The van der Waals surface area contributed by atoms with Gasteiger partial charge in [-0.25, -0.2) is 4.79 Å². The number of fused-ring (bicyclic) bond motifs is 1. The summed E-state index contributed by atoms with van der Waals surface area (Å²) in [5.41, 5.74) is 0.599. The lowest BCUT2D eigenvalue weighted by Crippen LogP contribution is -2.37. The zero-order valence-corrected chi connectivity index (χ0v) is 19.3. The fourth-order valence-corrected chi connectivity index (χ4v) is 3.06. The molecule has 0 fully saturated rings. The molecule has 2 aromatic rings. The highest BCUT2D eigenvalue weighted by molar-refractivity contribution is 5.95. The van der Waals surface area contributed by atoms with Crippen molar-refractivity contribution in [2.45, 2.75) is 65.5 Å². The van der Waals surface area contributed by atoms with E-state index in [0.29, 0.717) is 24.0 Å². The van der Waals surface area contributed by atoms with E-state index in [1.807, 2.05) is 26.0 Å². The normalized spacial score (nSPS) is 12.4. The average Bonchev–Trinajstić information content (AvgIpc) is 3.07.